The first-order valence-corrected chi connectivity index (χ1v) is 7.94. The SMILES string of the molecule is C=CCc1ccccc1OCC#CCOc1ccccc1CC=C. The number of para-hydroxylation sites is 2. The van der Waals surface area contributed by atoms with Crippen molar-refractivity contribution in [2.75, 3.05) is 13.2 Å². The first kappa shape index (κ1) is 17.4. The Morgan fingerprint density at radius 1 is 0.708 bits per heavy atom. The number of hydrogen-bond acceptors (Lipinski definition) is 2. The van der Waals surface area contributed by atoms with Crippen LogP contribution in [0.3, 0.4) is 0 Å². The van der Waals surface area contributed by atoms with Crippen LogP contribution in [0.2, 0.25) is 0 Å². The van der Waals surface area contributed by atoms with E-state index in [1.54, 1.807) is 0 Å². The van der Waals surface area contributed by atoms with Gasteiger partial charge in [-0.15, -0.1) is 13.2 Å². The summed E-state index contributed by atoms with van der Waals surface area (Å²) in [5.41, 5.74) is 2.23. The number of benzene rings is 2. The van der Waals surface area contributed by atoms with E-state index in [0.29, 0.717) is 13.2 Å². The van der Waals surface area contributed by atoms with E-state index in [4.69, 9.17) is 9.47 Å². The van der Waals surface area contributed by atoms with Crippen LogP contribution in [0, 0.1) is 11.8 Å². The minimum Gasteiger partial charge on any atom is -0.481 e. The van der Waals surface area contributed by atoms with Gasteiger partial charge in [-0.2, -0.15) is 0 Å². The highest BCUT2D eigenvalue weighted by molar-refractivity contribution is 5.36. The smallest absolute Gasteiger partial charge is 0.149 e. The molecule has 2 rings (SSSR count). The second kappa shape index (κ2) is 9.97. The molecule has 0 radical (unpaired) electrons. The minimum absolute atomic E-state index is 0.339. The number of ether oxygens (including phenoxy) is 2. The highest BCUT2D eigenvalue weighted by Gasteiger charge is 2.00. The second-order valence-corrected chi connectivity index (χ2v) is 5.13. The molecule has 0 bridgehead atoms. The molecule has 24 heavy (non-hydrogen) atoms. The highest BCUT2D eigenvalue weighted by atomic mass is 16.5. The summed E-state index contributed by atoms with van der Waals surface area (Å²) < 4.78 is 11.4. The largest absolute Gasteiger partial charge is 0.481 e. The van der Waals surface area contributed by atoms with Crippen LogP contribution in [0.4, 0.5) is 0 Å². The summed E-state index contributed by atoms with van der Waals surface area (Å²) in [7, 11) is 0. The van der Waals surface area contributed by atoms with Gasteiger partial charge in [-0.3, -0.25) is 0 Å². The Kier molecular flexibility index (Phi) is 7.24. The summed E-state index contributed by atoms with van der Waals surface area (Å²) in [5.74, 6) is 7.67. The molecule has 2 aromatic rings. The third-order valence-electron chi connectivity index (χ3n) is 3.40. The zero-order valence-electron chi connectivity index (χ0n) is 13.8. The second-order valence-electron chi connectivity index (χ2n) is 5.13. The van der Waals surface area contributed by atoms with Crippen LogP contribution in [0.15, 0.2) is 73.8 Å². The zero-order valence-corrected chi connectivity index (χ0v) is 13.8. The Morgan fingerprint density at radius 2 is 1.12 bits per heavy atom. The van der Waals surface area contributed by atoms with Crippen molar-refractivity contribution in [3.05, 3.63) is 85.0 Å². The van der Waals surface area contributed by atoms with Crippen LogP contribution in [-0.2, 0) is 12.8 Å². The van der Waals surface area contributed by atoms with E-state index in [2.05, 4.69) is 25.0 Å². The number of allylic oxidation sites excluding steroid dienone is 2. The monoisotopic (exact) mass is 318 g/mol. The fourth-order valence-electron chi connectivity index (χ4n) is 2.27. The summed E-state index contributed by atoms with van der Waals surface area (Å²) in [6, 6.07) is 15.8. The quantitative estimate of drug-likeness (QED) is 0.523. The summed E-state index contributed by atoms with van der Waals surface area (Å²) in [5, 5.41) is 0. The van der Waals surface area contributed by atoms with Crippen molar-refractivity contribution in [2.24, 2.45) is 0 Å². The number of rotatable bonds is 8. The van der Waals surface area contributed by atoms with Gasteiger partial charge in [0.05, 0.1) is 0 Å². The average Bonchev–Trinajstić information content (AvgIpc) is 2.61. The molecule has 0 spiro atoms. The van der Waals surface area contributed by atoms with Crippen molar-refractivity contribution in [3.63, 3.8) is 0 Å². The molecule has 0 atom stereocenters. The van der Waals surface area contributed by atoms with Gasteiger partial charge in [-0.1, -0.05) is 60.4 Å². The fourth-order valence-corrected chi connectivity index (χ4v) is 2.27. The molecule has 0 aromatic heterocycles. The Morgan fingerprint density at radius 3 is 1.54 bits per heavy atom. The molecule has 0 saturated heterocycles. The first-order valence-electron chi connectivity index (χ1n) is 7.94. The van der Waals surface area contributed by atoms with Crippen molar-refractivity contribution in [2.45, 2.75) is 12.8 Å². The lowest BCUT2D eigenvalue weighted by Gasteiger charge is -2.08. The van der Waals surface area contributed by atoms with Crippen molar-refractivity contribution in [3.8, 4) is 23.3 Å². The average molecular weight is 318 g/mol. The molecule has 0 aliphatic rings. The van der Waals surface area contributed by atoms with Gasteiger partial charge in [0.25, 0.3) is 0 Å². The Bertz CT molecular complexity index is 673. The maximum Gasteiger partial charge on any atom is 0.149 e. The zero-order chi connectivity index (χ0) is 17.0. The Balaban J connectivity index is 1.83. The number of hydrogen-bond donors (Lipinski definition) is 0. The van der Waals surface area contributed by atoms with E-state index in [1.165, 1.54) is 0 Å². The summed E-state index contributed by atoms with van der Waals surface area (Å²) in [4.78, 5) is 0. The maximum absolute atomic E-state index is 5.71. The van der Waals surface area contributed by atoms with Gasteiger partial charge in [0, 0.05) is 0 Å². The Labute approximate surface area is 144 Å². The fraction of sp³-hybridized carbons (Fsp3) is 0.182. The molecule has 122 valence electrons. The molecular weight excluding hydrogens is 296 g/mol. The topological polar surface area (TPSA) is 18.5 Å². The van der Waals surface area contributed by atoms with Crippen LogP contribution >= 0.6 is 0 Å². The molecular formula is C22H22O2. The van der Waals surface area contributed by atoms with E-state index in [0.717, 1.165) is 35.5 Å². The molecule has 2 heteroatoms. The van der Waals surface area contributed by atoms with Gasteiger partial charge < -0.3 is 9.47 Å². The minimum atomic E-state index is 0.339. The lowest BCUT2D eigenvalue weighted by Crippen LogP contribution is -2.00. The van der Waals surface area contributed by atoms with Crippen LogP contribution in [-0.4, -0.2) is 13.2 Å². The third kappa shape index (κ3) is 5.37. The molecule has 0 fully saturated rings. The van der Waals surface area contributed by atoms with Gasteiger partial charge in [-0.25, -0.2) is 0 Å². The third-order valence-corrected chi connectivity index (χ3v) is 3.40. The van der Waals surface area contributed by atoms with E-state index in [9.17, 15) is 0 Å². The molecule has 0 aliphatic heterocycles. The Hall–Kier alpha value is -2.92. The van der Waals surface area contributed by atoms with Gasteiger partial charge >= 0.3 is 0 Å². The van der Waals surface area contributed by atoms with Gasteiger partial charge in [0.1, 0.15) is 24.7 Å². The maximum atomic E-state index is 5.71. The predicted molar refractivity (Wildman–Crippen MR) is 99.5 cm³/mol. The van der Waals surface area contributed by atoms with Crippen molar-refractivity contribution in [1.82, 2.24) is 0 Å². The normalized spacial score (nSPS) is 9.50. The lowest BCUT2D eigenvalue weighted by molar-refractivity contribution is 0.359. The van der Waals surface area contributed by atoms with Crippen LogP contribution < -0.4 is 9.47 Å². The van der Waals surface area contributed by atoms with Crippen LogP contribution in [0.25, 0.3) is 0 Å². The first-order chi connectivity index (χ1) is 11.8. The van der Waals surface area contributed by atoms with Crippen LogP contribution in [0.5, 0.6) is 11.5 Å². The van der Waals surface area contributed by atoms with Gasteiger partial charge in [0.2, 0.25) is 0 Å². The lowest BCUT2D eigenvalue weighted by atomic mass is 10.1. The molecule has 0 aliphatic carbocycles. The van der Waals surface area contributed by atoms with E-state index in [1.807, 2.05) is 60.7 Å². The van der Waals surface area contributed by atoms with E-state index < -0.39 is 0 Å². The van der Waals surface area contributed by atoms with Gasteiger partial charge in [0.15, 0.2) is 0 Å². The molecule has 2 aromatic carbocycles. The molecule has 0 N–H and O–H groups in total. The molecule has 0 heterocycles. The molecule has 0 saturated carbocycles. The molecule has 0 unspecified atom stereocenters. The summed E-state index contributed by atoms with van der Waals surface area (Å²) in [6.07, 6.45) is 5.30. The van der Waals surface area contributed by atoms with E-state index in [-0.39, 0.29) is 0 Å². The predicted octanol–water partition coefficient (Wildman–Crippen LogP) is 4.60. The van der Waals surface area contributed by atoms with Crippen molar-refractivity contribution in [1.29, 1.82) is 0 Å². The van der Waals surface area contributed by atoms with Crippen molar-refractivity contribution < 1.29 is 9.47 Å². The standard InChI is InChI=1S/C22H22O2/c1-3-11-19-13-5-7-15-21(19)23-17-9-10-18-24-22-16-8-6-14-20(22)12-4-2/h3-8,13-16H,1-2,11-12,17-18H2. The summed E-state index contributed by atoms with van der Waals surface area (Å²) >= 11 is 0. The molecule has 2 nitrogen and oxygen atoms in total. The highest BCUT2D eigenvalue weighted by Crippen LogP contribution is 2.19. The summed E-state index contributed by atoms with van der Waals surface area (Å²) in [6.45, 7) is 8.20. The molecule has 0 amide bonds. The van der Waals surface area contributed by atoms with Crippen LogP contribution in [0.1, 0.15) is 11.1 Å². The van der Waals surface area contributed by atoms with E-state index >= 15 is 0 Å². The van der Waals surface area contributed by atoms with Gasteiger partial charge in [-0.05, 0) is 36.1 Å². The van der Waals surface area contributed by atoms with Crippen molar-refractivity contribution >= 4 is 0 Å².